The molecule has 1 atom stereocenters. The standard InChI is InChI=1S/C22H26N4O2/c1-24-19-11-10-18(13-20(19)25(2)22(24)28)23-21(27)17-9-6-12-26(15-17)14-16-7-4-3-5-8-16/h3-5,7-8,10-11,13,17H,6,9,12,14-15H2,1-2H3,(H,23,27). The van der Waals surface area contributed by atoms with Gasteiger partial charge >= 0.3 is 5.69 Å². The van der Waals surface area contributed by atoms with Gasteiger partial charge in [-0.3, -0.25) is 18.8 Å². The summed E-state index contributed by atoms with van der Waals surface area (Å²) < 4.78 is 3.22. The highest BCUT2D eigenvalue weighted by Gasteiger charge is 2.26. The molecule has 1 amide bonds. The van der Waals surface area contributed by atoms with Crippen molar-refractivity contribution < 1.29 is 4.79 Å². The molecule has 1 aliphatic heterocycles. The van der Waals surface area contributed by atoms with E-state index in [4.69, 9.17) is 0 Å². The number of amides is 1. The minimum atomic E-state index is -0.0673. The lowest BCUT2D eigenvalue weighted by molar-refractivity contribution is -0.121. The van der Waals surface area contributed by atoms with Crippen LogP contribution in [0.5, 0.6) is 0 Å². The van der Waals surface area contributed by atoms with Gasteiger partial charge in [-0.15, -0.1) is 0 Å². The number of anilines is 1. The van der Waals surface area contributed by atoms with Gasteiger partial charge < -0.3 is 5.32 Å². The number of fused-ring (bicyclic) bond motifs is 1. The first-order valence-electron chi connectivity index (χ1n) is 9.75. The molecule has 0 spiro atoms. The van der Waals surface area contributed by atoms with Crippen molar-refractivity contribution in [3.05, 3.63) is 64.6 Å². The molecule has 1 aliphatic rings. The lowest BCUT2D eigenvalue weighted by atomic mass is 9.96. The van der Waals surface area contributed by atoms with E-state index in [0.29, 0.717) is 0 Å². The van der Waals surface area contributed by atoms with Crippen LogP contribution >= 0.6 is 0 Å². The molecule has 1 N–H and O–H groups in total. The molecule has 3 aromatic rings. The summed E-state index contributed by atoms with van der Waals surface area (Å²) in [6, 6.07) is 16.0. The minimum Gasteiger partial charge on any atom is -0.326 e. The fourth-order valence-corrected chi connectivity index (χ4v) is 4.08. The van der Waals surface area contributed by atoms with Gasteiger partial charge in [-0.1, -0.05) is 30.3 Å². The van der Waals surface area contributed by atoms with Crippen LogP contribution in [-0.2, 0) is 25.4 Å². The van der Waals surface area contributed by atoms with Crippen LogP contribution in [0.4, 0.5) is 5.69 Å². The van der Waals surface area contributed by atoms with Crippen molar-refractivity contribution in [3.8, 4) is 0 Å². The molecular weight excluding hydrogens is 352 g/mol. The number of nitrogens with one attached hydrogen (secondary N) is 1. The Bertz CT molecular complexity index is 1050. The molecule has 1 unspecified atom stereocenters. The number of nitrogens with zero attached hydrogens (tertiary/aromatic N) is 3. The van der Waals surface area contributed by atoms with Crippen LogP contribution in [0.25, 0.3) is 11.0 Å². The number of imidazole rings is 1. The lowest BCUT2D eigenvalue weighted by Crippen LogP contribution is -2.40. The maximum absolute atomic E-state index is 12.8. The molecule has 0 radical (unpaired) electrons. The summed E-state index contributed by atoms with van der Waals surface area (Å²) in [7, 11) is 3.51. The third-order valence-corrected chi connectivity index (χ3v) is 5.66. The largest absolute Gasteiger partial charge is 0.328 e. The Labute approximate surface area is 164 Å². The van der Waals surface area contributed by atoms with Gasteiger partial charge in [0.05, 0.1) is 17.0 Å². The van der Waals surface area contributed by atoms with E-state index in [0.717, 1.165) is 49.2 Å². The van der Waals surface area contributed by atoms with E-state index in [1.54, 1.807) is 23.2 Å². The van der Waals surface area contributed by atoms with Crippen molar-refractivity contribution in [2.24, 2.45) is 20.0 Å². The topological polar surface area (TPSA) is 59.3 Å². The third-order valence-electron chi connectivity index (χ3n) is 5.66. The normalized spacial score (nSPS) is 17.7. The Hall–Kier alpha value is -2.86. The lowest BCUT2D eigenvalue weighted by Gasteiger charge is -2.32. The average molecular weight is 378 g/mol. The van der Waals surface area contributed by atoms with Gasteiger partial charge in [0.25, 0.3) is 0 Å². The number of likely N-dealkylation sites (tertiary alicyclic amines) is 1. The van der Waals surface area contributed by atoms with Gasteiger partial charge in [-0.25, -0.2) is 4.79 Å². The van der Waals surface area contributed by atoms with Crippen molar-refractivity contribution in [1.82, 2.24) is 14.0 Å². The summed E-state index contributed by atoms with van der Waals surface area (Å²) in [4.78, 5) is 27.3. The monoisotopic (exact) mass is 378 g/mol. The summed E-state index contributed by atoms with van der Waals surface area (Å²) >= 11 is 0. The molecule has 4 rings (SSSR count). The molecule has 2 aromatic carbocycles. The third kappa shape index (κ3) is 3.60. The van der Waals surface area contributed by atoms with E-state index < -0.39 is 0 Å². The summed E-state index contributed by atoms with van der Waals surface area (Å²) in [5.41, 5.74) is 3.62. The fraction of sp³-hybridized carbons (Fsp3) is 0.364. The Morgan fingerprint density at radius 2 is 1.82 bits per heavy atom. The summed E-state index contributed by atoms with van der Waals surface area (Å²) in [5.74, 6) is 0.0331. The van der Waals surface area contributed by atoms with E-state index >= 15 is 0 Å². The maximum atomic E-state index is 12.8. The summed E-state index contributed by atoms with van der Waals surface area (Å²) in [5, 5.41) is 3.05. The van der Waals surface area contributed by atoms with Crippen molar-refractivity contribution in [2.75, 3.05) is 18.4 Å². The second kappa shape index (κ2) is 7.64. The second-order valence-electron chi connectivity index (χ2n) is 7.65. The summed E-state index contributed by atoms with van der Waals surface area (Å²) in [6.45, 7) is 2.67. The van der Waals surface area contributed by atoms with E-state index in [1.807, 2.05) is 24.3 Å². The van der Waals surface area contributed by atoms with Gasteiger partial charge in [-0.05, 0) is 43.1 Å². The smallest absolute Gasteiger partial charge is 0.326 e. The molecule has 6 heteroatoms. The van der Waals surface area contributed by atoms with Crippen molar-refractivity contribution in [2.45, 2.75) is 19.4 Å². The van der Waals surface area contributed by atoms with E-state index in [9.17, 15) is 9.59 Å². The number of piperidine rings is 1. The van der Waals surface area contributed by atoms with Crippen LogP contribution in [0.2, 0.25) is 0 Å². The molecule has 1 saturated heterocycles. The predicted molar refractivity (Wildman–Crippen MR) is 111 cm³/mol. The Kier molecular flexibility index (Phi) is 5.05. The highest BCUT2D eigenvalue weighted by atomic mass is 16.2. The van der Waals surface area contributed by atoms with E-state index in [2.05, 4.69) is 34.5 Å². The Morgan fingerprint density at radius 3 is 2.61 bits per heavy atom. The first kappa shape index (κ1) is 18.5. The van der Waals surface area contributed by atoms with Gasteiger partial charge in [0, 0.05) is 32.9 Å². The molecule has 146 valence electrons. The predicted octanol–water partition coefficient (Wildman–Crippen LogP) is 2.73. The molecule has 0 saturated carbocycles. The van der Waals surface area contributed by atoms with Gasteiger partial charge in [0.15, 0.2) is 0 Å². The SMILES string of the molecule is Cn1c(=O)n(C)c2cc(NC(=O)C3CCCN(Cc4ccccc4)C3)ccc21. The number of aromatic nitrogens is 2. The zero-order valence-corrected chi connectivity index (χ0v) is 16.4. The Morgan fingerprint density at radius 1 is 1.07 bits per heavy atom. The molecule has 0 aliphatic carbocycles. The summed E-state index contributed by atoms with van der Waals surface area (Å²) in [6.07, 6.45) is 1.93. The van der Waals surface area contributed by atoms with Crippen LogP contribution in [0.3, 0.4) is 0 Å². The number of hydrogen-bond acceptors (Lipinski definition) is 3. The highest BCUT2D eigenvalue weighted by Crippen LogP contribution is 2.22. The van der Waals surface area contributed by atoms with Crippen LogP contribution < -0.4 is 11.0 Å². The molecule has 1 aromatic heterocycles. The van der Waals surface area contributed by atoms with Crippen LogP contribution in [0.1, 0.15) is 18.4 Å². The van der Waals surface area contributed by atoms with Crippen molar-refractivity contribution in [1.29, 1.82) is 0 Å². The van der Waals surface area contributed by atoms with E-state index in [1.165, 1.54) is 5.56 Å². The molecular formula is C22H26N4O2. The molecule has 1 fully saturated rings. The minimum absolute atomic E-state index is 0.0206. The van der Waals surface area contributed by atoms with E-state index in [-0.39, 0.29) is 17.5 Å². The van der Waals surface area contributed by atoms with Gasteiger partial charge in [0.2, 0.25) is 5.91 Å². The van der Waals surface area contributed by atoms with Crippen molar-refractivity contribution in [3.63, 3.8) is 0 Å². The fourth-order valence-electron chi connectivity index (χ4n) is 4.08. The number of hydrogen-bond donors (Lipinski definition) is 1. The van der Waals surface area contributed by atoms with Crippen molar-refractivity contribution >= 4 is 22.6 Å². The van der Waals surface area contributed by atoms with Crippen LogP contribution in [0, 0.1) is 5.92 Å². The van der Waals surface area contributed by atoms with Crippen LogP contribution in [0.15, 0.2) is 53.3 Å². The van der Waals surface area contributed by atoms with Gasteiger partial charge in [0.1, 0.15) is 0 Å². The first-order chi connectivity index (χ1) is 13.5. The molecule has 0 bridgehead atoms. The zero-order valence-electron chi connectivity index (χ0n) is 16.4. The number of carbonyl (C=O) groups excluding carboxylic acids is 1. The highest BCUT2D eigenvalue weighted by molar-refractivity contribution is 5.94. The molecule has 6 nitrogen and oxygen atoms in total. The maximum Gasteiger partial charge on any atom is 0.328 e. The number of benzene rings is 2. The van der Waals surface area contributed by atoms with Gasteiger partial charge in [-0.2, -0.15) is 0 Å². The van der Waals surface area contributed by atoms with Crippen LogP contribution in [-0.4, -0.2) is 33.0 Å². The first-order valence-corrected chi connectivity index (χ1v) is 9.75. The average Bonchev–Trinajstić information content (AvgIpc) is 2.93. The number of carbonyl (C=O) groups is 1. The molecule has 2 heterocycles. The number of aryl methyl sites for hydroxylation is 2. The molecule has 28 heavy (non-hydrogen) atoms. The Balaban J connectivity index is 1.45. The number of rotatable bonds is 4. The zero-order chi connectivity index (χ0) is 19.7. The second-order valence-corrected chi connectivity index (χ2v) is 7.65. The quantitative estimate of drug-likeness (QED) is 0.759.